The smallest absolute Gasteiger partial charge is 0.320 e. The first kappa shape index (κ1) is 37.8. The summed E-state index contributed by atoms with van der Waals surface area (Å²) >= 11 is 0. The molecular weight excluding hydrogens is 568 g/mol. The van der Waals surface area contributed by atoms with E-state index in [1.165, 1.54) is 0 Å². The molecule has 0 aromatic carbocycles. The molecule has 0 aromatic heterocycles. The molecule has 7 unspecified atom stereocenters. The third-order valence-electron chi connectivity index (χ3n) is 10.4. The van der Waals surface area contributed by atoms with Crippen molar-refractivity contribution in [1.29, 1.82) is 0 Å². The van der Waals surface area contributed by atoms with E-state index in [2.05, 4.69) is 93.7 Å². The highest BCUT2D eigenvalue weighted by molar-refractivity contribution is 5.95. The van der Waals surface area contributed by atoms with E-state index in [9.17, 15) is 14.4 Å². The summed E-state index contributed by atoms with van der Waals surface area (Å²) in [7, 11) is 0. The quantitative estimate of drug-likeness (QED) is 0.143. The SMILES string of the molecule is CC(C)C1CC(OC(=O)C(CCC(=O)OC2CC(C(C)C)NC(C)(C)C2)C(=O)OC2CC(C(C)C)NC(C)(C)C2)CC(C)(C)C1. The maximum absolute atomic E-state index is 13.8. The van der Waals surface area contributed by atoms with Gasteiger partial charge in [0, 0.05) is 55.3 Å². The second-order valence-corrected chi connectivity index (χ2v) is 17.8. The Hall–Kier alpha value is -1.67. The molecule has 3 aliphatic rings. The Morgan fingerprint density at radius 1 is 0.622 bits per heavy atom. The van der Waals surface area contributed by atoms with Gasteiger partial charge in [-0.25, -0.2) is 0 Å². The van der Waals surface area contributed by atoms with Crippen molar-refractivity contribution < 1.29 is 28.6 Å². The molecule has 2 aliphatic heterocycles. The van der Waals surface area contributed by atoms with E-state index < -0.39 is 17.9 Å². The van der Waals surface area contributed by atoms with Crippen LogP contribution < -0.4 is 10.6 Å². The lowest BCUT2D eigenvalue weighted by molar-refractivity contribution is -0.173. The van der Waals surface area contributed by atoms with Crippen molar-refractivity contribution >= 4 is 17.9 Å². The van der Waals surface area contributed by atoms with Gasteiger partial charge in [-0.1, -0.05) is 55.4 Å². The van der Waals surface area contributed by atoms with Gasteiger partial charge >= 0.3 is 17.9 Å². The van der Waals surface area contributed by atoms with Crippen LogP contribution in [0.3, 0.4) is 0 Å². The van der Waals surface area contributed by atoms with Crippen LogP contribution in [0.2, 0.25) is 0 Å². The Morgan fingerprint density at radius 3 is 1.51 bits per heavy atom. The molecule has 1 aliphatic carbocycles. The van der Waals surface area contributed by atoms with Crippen LogP contribution in [0.15, 0.2) is 0 Å². The number of nitrogens with one attached hydrogen (secondary N) is 2. The summed E-state index contributed by atoms with van der Waals surface area (Å²) in [5, 5.41) is 7.33. The number of rotatable bonds is 11. The van der Waals surface area contributed by atoms with Gasteiger partial charge in [0.1, 0.15) is 18.3 Å². The zero-order chi connectivity index (χ0) is 33.9. The third-order valence-corrected chi connectivity index (χ3v) is 10.4. The fourth-order valence-electron chi connectivity index (χ4n) is 8.01. The number of piperidine rings is 2. The Balaban J connectivity index is 1.73. The Morgan fingerprint density at radius 2 is 1.07 bits per heavy atom. The van der Waals surface area contributed by atoms with Gasteiger partial charge in [0.15, 0.2) is 5.92 Å². The summed E-state index contributed by atoms with van der Waals surface area (Å²) in [6, 6.07) is 0.454. The second-order valence-electron chi connectivity index (χ2n) is 17.8. The summed E-state index contributed by atoms with van der Waals surface area (Å²) < 4.78 is 18.2. The maximum Gasteiger partial charge on any atom is 0.320 e. The van der Waals surface area contributed by atoms with Gasteiger partial charge < -0.3 is 24.8 Å². The van der Waals surface area contributed by atoms with E-state index in [-0.39, 0.29) is 65.7 Å². The number of carbonyl (C=O) groups is 3. The molecule has 0 amide bonds. The minimum Gasteiger partial charge on any atom is -0.462 e. The monoisotopic (exact) mass is 634 g/mol. The molecule has 2 N–H and O–H groups in total. The standard InChI is InChI=1S/C37H66N2O6/c1-22(2)25-15-26(19-35(7,8)18-25)44-33(41)29(34(42)45-28-17-31(24(5)6)39-37(11,12)21-28)13-14-32(40)43-27-16-30(23(3)4)38-36(9,10)20-27/h22-31,38-39H,13-21H2,1-12H3. The van der Waals surface area contributed by atoms with Crippen molar-refractivity contribution in [3.8, 4) is 0 Å². The van der Waals surface area contributed by atoms with E-state index >= 15 is 0 Å². The molecule has 0 aromatic rings. The van der Waals surface area contributed by atoms with Gasteiger partial charge in [0.25, 0.3) is 0 Å². The average Bonchev–Trinajstić information content (AvgIpc) is 2.85. The van der Waals surface area contributed by atoms with Crippen LogP contribution in [-0.4, -0.2) is 59.4 Å². The highest BCUT2D eigenvalue weighted by Gasteiger charge is 2.42. The maximum atomic E-state index is 13.8. The molecule has 1 saturated carbocycles. The third kappa shape index (κ3) is 11.5. The van der Waals surface area contributed by atoms with Gasteiger partial charge in [0.2, 0.25) is 0 Å². The number of ether oxygens (including phenoxy) is 3. The topological polar surface area (TPSA) is 103 Å². The second kappa shape index (κ2) is 15.0. The number of carbonyl (C=O) groups excluding carboxylic acids is 3. The Labute approximate surface area is 274 Å². The lowest BCUT2D eigenvalue weighted by Gasteiger charge is -2.43. The number of hydrogen-bond acceptors (Lipinski definition) is 8. The molecule has 0 spiro atoms. The van der Waals surface area contributed by atoms with Crippen LogP contribution in [0.5, 0.6) is 0 Å². The lowest BCUT2D eigenvalue weighted by atomic mass is 9.68. The van der Waals surface area contributed by atoms with Gasteiger partial charge in [-0.3, -0.25) is 14.4 Å². The summed E-state index contributed by atoms with van der Waals surface area (Å²) in [4.78, 5) is 40.8. The number of esters is 3. The van der Waals surface area contributed by atoms with E-state index in [0.717, 1.165) is 25.7 Å². The minimum absolute atomic E-state index is 0.0180. The van der Waals surface area contributed by atoms with Crippen LogP contribution in [0.4, 0.5) is 0 Å². The molecule has 45 heavy (non-hydrogen) atoms. The molecular formula is C37H66N2O6. The van der Waals surface area contributed by atoms with Gasteiger partial charge in [-0.05, 0) is 82.5 Å². The van der Waals surface area contributed by atoms with E-state index in [4.69, 9.17) is 14.2 Å². The molecule has 2 heterocycles. The van der Waals surface area contributed by atoms with E-state index in [0.29, 0.717) is 42.9 Å². The molecule has 260 valence electrons. The summed E-state index contributed by atoms with van der Waals surface area (Å²) in [5.41, 5.74) is -0.304. The Bertz CT molecular complexity index is 966. The minimum atomic E-state index is -1.16. The highest BCUT2D eigenvalue weighted by atomic mass is 16.6. The van der Waals surface area contributed by atoms with Crippen LogP contribution >= 0.6 is 0 Å². The fraction of sp³-hybridized carbons (Fsp3) is 0.919. The number of hydrogen-bond donors (Lipinski definition) is 2. The molecule has 3 rings (SSSR count). The van der Waals surface area contributed by atoms with E-state index in [1.807, 2.05) is 0 Å². The first-order chi connectivity index (χ1) is 20.6. The van der Waals surface area contributed by atoms with E-state index in [1.54, 1.807) is 0 Å². The Kier molecular flexibility index (Phi) is 12.6. The van der Waals surface area contributed by atoms with Crippen molar-refractivity contribution in [2.45, 2.75) is 182 Å². The molecule has 8 heteroatoms. The average molecular weight is 635 g/mol. The molecule has 7 atom stereocenters. The predicted octanol–water partition coefficient (Wildman–Crippen LogP) is 6.97. The van der Waals surface area contributed by atoms with Gasteiger partial charge in [-0.2, -0.15) is 0 Å². The molecule has 8 nitrogen and oxygen atoms in total. The van der Waals surface area contributed by atoms with Crippen LogP contribution in [-0.2, 0) is 28.6 Å². The van der Waals surface area contributed by atoms with Crippen LogP contribution in [0.1, 0.15) is 141 Å². The first-order valence-electron chi connectivity index (χ1n) is 17.8. The van der Waals surface area contributed by atoms with Crippen molar-refractivity contribution in [3.05, 3.63) is 0 Å². The zero-order valence-electron chi connectivity index (χ0n) is 30.6. The van der Waals surface area contributed by atoms with Crippen molar-refractivity contribution in [1.82, 2.24) is 10.6 Å². The van der Waals surface area contributed by atoms with Gasteiger partial charge in [-0.15, -0.1) is 0 Å². The highest BCUT2D eigenvalue weighted by Crippen LogP contribution is 2.43. The fourth-order valence-corrected chi connectivity index (χ4v) is 8.01. The van der Waals surface area contributed by atoms with Crippen molar-refractivity contribution in [2.75, 3.05) is 0 Å². The van der Waals surface area contributed by atoms with Crippen molar-refractivity contribution in [2.24, 2.45) is 35.0 Å². The molecule has 0 radical (unpaired) electrons. The van der Waals surface area contributed by atoms with Crippen molar-refractivity contribution in [3.63, 3.8) is 0 Å². The van der Waals surface area contributed by atoms with Gasteiger partial charge in [0.05, 0.1) is 0 Å². The molecule has 0 bridgehead atoms. The summed E-state index contributed by atoms with van der Waals surface area (Å²) in [6.07, 6.45) is 4.63. The van der Waals surface area contributed by atoms with Crippen LogP contribution in [0.25, 0.3) is 0 Å². The predicted molar refractivity (Wildman–Crippen MR) is 178 cm³/mol. The molecule has 3 fully saturated rings. The normalized spacial score (nSPS) is 31.8. The summed E-state index contributed by atoms with van der Waals surface area (Å²) in [5.74, 6) is -0.994. The zero-order valence-corrected chi connectivity index (χ0v) is 30.6. The largest absolute Gasteiger partial charge is 0.462 e. The summed E-state index contributed by atoms with van der Waals surface area (Å²) in [6.45, 7) is 26.0. The molecule has 2 saturated heterocycles. The first-order valence-corrected chi connectivity index (χ1v) is 17.8. The lowest BCUT2D eigenvalue weighted by Crippen LogP contribution is -2.56. The van der Waals surface area contributed by atoms with Crippen LogP contribution in [0, 0.1) is 35.0 Å².